The molecule has 1 amide bonds. The SMILES string of the molecule is COc1ccc(OC)c(CN2CCNC(=O)C2C)c1. The fourth-order valence-corrected chi connectivity index (χ4v) is 2.27. The van der Waals surface area contributed by atoms with Gasteiger partial charge in [-0.05, 0) is 25.1 Å². The molecule has 1 aromatic rings. The van der Waals surface area contributed by atoms with Crippen molar-refractivity contribution in [2.24, 2.45) is 0 Å². The van der Waals surface area contributed by atoms with Crippen LogP contribution in [0.2, 0.25) is 0 Å². The average Bonchev–Trinajstić information content (AvgIpc) is 2.43. The predicted octanol–water partition coefficient (Wildman–Crippen LogP) is 1.02. The molecule has 1 atom stereocenters. The second-order valence-corrected chi connectivity index (χ2v) is 4.62. The van der Waals surface area contributed by atoms with Crippen LogP contribution in [0.4, 0.5) is 0 Å². The normalized spacial score (nSPS) is 19.9. The Labute approximate surface area is 113 Å². The lowest BCUT2D eigenvalue weighted by atomic mass is 10.1. The minimum atomic E-state index is -0.121. The highest BCUT2D eigenvalue weighted by Gasteiger charge is 2.26. The lowest BCUT2D eigenvalue weighted by molar-refractivity contribution is -0.128. The van der Waals surface area contributed by atoms with E-state index in [0.29, 0.717) is 13.1 Å². The second kappa shape index (κ2) is 5.93. The summed E-state index contributed by atoms with van der Waals surface area (Å²) in [6.07, 6.45) is 0. The molecule has 0 spiro atoms. The number of nitrogens with one attached hydrogen (secondary N) is 1. The van der Waals surface area contributed by atoms with E-state index in [1.807, 2.05) is 25.1 Å². The number of rotatable bonds is 4. The first-order chi connectivity index (χ1) is 9.15. The third kappa shape index (κ3) is 2.98. The van der Waals surface area contributed by atoms with Crippen molar-refractivity contribution in [2.75, 3.05) is 27.3 Å². The third-order valence-corrected chi connectivity index (χ3v) is 3.49. The molecule has 1 unspecified atom stereocenters. The summed E-state index contributed by atoms with van der Waals surface area (Å²) in [6, 6.07) is 5.60. The van der Waals surface area contributed by atoms with Gasteiger partial charge in [-0.15, -0.1) is 0 Å². The zero-order valence-corrected chi connectivity index (χ0v) is 11.6. The van der Waals surface area contributed by atoms with Gasteiger partial charge in [-0.2, -0.15) is 0 Å². The number of hydrogen-bond acceptors (Lipinski definition) is 4. The zero-order valence-electron chi connectivity index (χ0n) is 11.6. The van der Waals surface area contributed by atoms with E-state index in [9.17, 15) is 4.79 Å². The van der Waals surface area contributed by atoms with Crippen LogP contribution < -0.4 is 14.8 Å². The molecule has 2 rings (SSSR count). The molecule has 0 saturated carbocycles. The van der Waals surface area contributed by atoms with E-state index >= 15 is 0 Å². The molecule has 1 saturated heterocycles. The van der Waals surface area contributed by atoms with E-state index in [2.05, 4.69) is 10.2 Å². The first kappa shape index (κ1) is 13.7. The number of carbonyl (C=O) groups is 1. The minimum Gasteiger partial charge on any atom is -0.497 e. The molecule has 1 aromatic carbocycles. The molecular formula is C14H20N2O3. The Hall–Kier alpha value is -1.75. The minimum absolute atomic E-state index is 0.0770. The van der Waals surface area contributed by atoms with Gasteiger partial charge in [-0.25, -0.2) is 0 Å². The number of nitrogens with zero attached hydrogens (tertiary/aromatic N) is 1. The zero-order chi connectivity index (χ0) is 13.8. The summed E-state index contributed by atoms with van der Waals surface area (Å²) in [5, 5.41) is 2.86. The van der Waals surface area contributed by atoms with Crippen LogP contribution in [0.5, 0.6) is 11.5 Å². The lowest BCUT2D eigenvalue weighted by Gasteiger charge is -2.33. The van der Waals surface area contributed by atoms with Crippen molar-refractivity contribution in [3.8, 4) is 11.5 Å². The Morgan fingerprint density at radius 2 is 2.16 bits per heavy atom. The molecule has 19 heavy (non-hydrogen) atoms. The van der Waals surface area contributed by atoms with Crippen molar-refractivity contribution < 1.29 is 14.3 Å². The fraction of sp³-hybridized carbons (Fsp3) is 0.500. The van der Waals surface area contributed by atoms with E-state index in [4.69, 9.17) is 9.47 Å². The second-order valence-electron chi connectivity index (χ2n) is 4.62. The van der Waals surface area contributed by atoms with Gasteiger partial charge in [0.25, 0.3) is 0 Å². The highest BCUT2D eigenvalue weighted by atomic mass is 16.5. The summed E-state index contributed by atoms with van der Waals surface area (Å²) in [6.45, 7) is 4.12. The van der Waals surface area contributed by atoms with Gasteiger partial charge in [0.1, 0.15) is 11.5 Å². The summed E-state index contributed by atoms with van der Waals surface area (Å²) in [5.74, 6) is 1.69. The van der Waals surface area contributed by atoms with E-state index in [0.717, 1.165) is 23.6 Å². The monoisotopic (exact) mass is 264 g/mol. The number of ether oxygens (including phenoxy) is 2. The van der Waals surface area contributed by atoms with Gasteiger partial charge in [0.2, 0.25) is 5.91 Å². The number of amides is 1. The number of carbonyl (C=O) groups excluding carboxylic acids is 1. The van der Waals surface area contributed by atoms with Crippen molar-refractivity contribution in [1.82, 2.24) is 10.2 Å². The van der Waals surface area contributed by atoms with E-state index in [-0.39, 0.29) is 11.9 Å². The number of benzene rings is 1. The first-order valence-electron chi connectivity index (χ1n) is 6.38. The maximum absolute atomic E-state index is 11.7. The van der Waals surface area contributed by atoms with Crippen molar-refractivity contribution >= 4 is 5.91 Å². The lowest BCUT2D eigenvalue weighted by Crippen LogP contribution is -2.53. The molecular weight excluding hydrogens is 244 g/mol. The molecule has 5 nitrogen and oxygen atoms in total. The van der Waals surface area contributed by atoms with Gasteiger partial charge in [0, 0.05) is 25.2 Å². The Balaban J connectivity index is 2.19. The fourth-order valence-electron chi connectivity index (χ4n) is 2.27. The van der Waals surface area contributed by atoms with Crippen LogP contribution in [0.3, 0.4) is 0 Å². The maximum Gasteiger partial charge on any atom is 0.237 e. The van der Waals surface area contributed by atoms with Gasteiger partial charge >= 0.3 is 0 Å². The Kier molecular flexibility index (Phi) is 4.27. The molecule has 0 radical (unpaired) electrons. The smallest absolute Gasteiger partial charge is 0.237 e. The van der Waals surface area contributed by atoms with Gasteiger partial charge < -0.3 is 14.8 Å². The first-order valence-corrected chi connectivity index (χ1v) is 6.38. The van der Waals surface area contributed by atoms with Gasteiger partial charge in [0.05, 0.1) is 20.3 Å². The number of piperazine rings is 1. The Morgan fingerprint density at radius 3 is 2.84 bits per heavy atom. The summed E-state index contributed by atoms with van der Waals surface area (Å²) >= 11 is 0. The molecule has 0 bridgehead atoms. The van der Waals surface area contributed by atoms with E-state index in [1.165, 1.54) is 0 Å². The van der Waals surface area contributed by atoms with E-state index < -0.39 is 0 Å². The van der Waals surface area contributed by atoms with Crippen LogP contribution in [0.15, 0.2) is 18.2 Å². The highest BCUT2D eigenvalue weighted by molar-refractivity contribution is 5.82. The standard InChI is InChI=1S/C14H20N2O3/c1-10-14(17)15-6-7-16(10)9-11-8-12(18-2)4-5-13(11)19-3/h4-5,8,10H,6-7,9H2,1-3H3,(H,15,17). The predicted molar refractivity (Wildman–Crippen MR) is 72.4 cm³/mol. The largest absolute Gasteiger partial charge is 0.497 e. The molecule has 1 aliphatic rings. The highest BCUT2D eigenvalue weighted by Crippen LogP contribution is 2.26. The molecule has 5 heteroatoms. The van der Waals surface area contributed by atoms with Crippen molar-refractivity contribution in [1.29, 1.82) is 0 Å². The van der Waals surface area contributed by atoms with Crippen molar-refractivity contribution in [3.63, 3.8) is 0 Å². The van der Waals surface area contributed by atoms with Gasteiger partial charge in [0.15, 0.2) is 0 Å². The van der Waals surface area contributed by atoms with Gasteiger partial charge in [-0.1, -0.05) is 0 Å². The Morgan fingerprint density at radius 1 is 1.37 bits per heavy atom. The summed E-state index contributed by atoms with van der Waals surface area (Å²) in [5.41, 5.74) is 1.03. The average molecular weight is 264 g/mol. The molecule has 1 N–H and O–H groups in total. The van der Waals surface area contributed by atoms with Crippen LogP contribution in [-0.2, 0) is 11.3 Å². The number of hydrogen-bond donors (Lipinski definition) is 1. The molecule has 1 aliphatic heterocycles. The summed E-state index contributed by atoms with van der Waals surface area (Å²) in [7, 11) is 3.29. The molecule has 1 heterocycles. The van der Waals surface area contributed by atoms with Crippen LogP contribution in [0, 0.1) is 0 Å². The molecule has 0 aromatic heterocycles. The van der Waals surface area contributed by atoms with Gasteiger partial charge in [-0.3, -0.25) is 9.69 Å². The van der Waals surface area contributed by atoms with Crippen LogP contribution in [0.1, 0.15) is 12.5 Å². The Bertz CT molecular complexity index is 462. The number of methoxy groups -OCH3 is 2. The van der Waals surface area contributed by atoms with Crippen LogP contribution in [-0.4, -0.2) is 44.2 Å². The molecule has 1 fully saturated rings. The third-order valence-electron chi connectivity index (χ3n) is 3.49. The maximum atomic E-state index is 11.7. The van der Waals surface area contributed by atoms with Crippen LogP contribution >= 0.6 is 0 Å². The summed E-state index contributed by atoms with van der Waals surface area (Å²) in [4.78, 5) is 13.8. The topological polar surface area (TPSA) is 50.8 Å². The van der Waals surface area contributed by atoms with Crippen molar-refractivity contribution in [3.05, 3.63) is 23.8 Å². The van der Waals surface area contributed by atoms with E-state index in [1.54, 1.807) is 14.2 Å². The molecule has 104 valence electrons. The quantitative estimate of drug-likeness (QED) is 0.882. The van der Waals surface area contributed by atoms with Crippen molar-refractivity contribution in [2.45, 2.75) is 19.5 Å². The van der Waals surface area contributed by atoms with Crippen LogP contribution in [0.25, 0.3) is 0 Å². The molecule has 0 aliphatic carbocycles. The summed E-state index contributed by atoms with van der Waals surface area (Å²) < 4.78 is 10.6.